The van der Waals surface area contributed by atoms with E-state index in [0.717, 1.165) is 18.2 Å². The summed E-state index contributed by atoms with van der Waals surface area (Å²) in [6.07, 6.45) is -0.262. The van der Waals surface area contributed by atoms with E-state index in [-0.39, 0.29) is 15.6 Å². The molecule has 0 saturated carbocycles. The number of esters is 1. The predicted molar refractivity (Wildman–Crippen MR) is 86.6 cm³/mol. The minimum atomic E-state index is -1.15. The third-order valence-corrected chi connectivity index (χ3v) is 5.56. The van der Waals surface area contributed by atoms with Crippen LogP contribution in [0.25, 0.3) is 0 Å². The van der Waals surface area contributed by atoms with Crippen LogP contribution in [0.5, 0.6) is 0 Å². The van der Waals surface area contributed by atoms with E-state index >= 15 is 0 Å². The summed E-state index contributed by atoms with van der Waals surface area (Å²) in [6.45, 7) is 9.11. The number of rotatable bonds is 9. The molecule has 7 heteroatoms. The van der Waals surface area contributed by atoms with Crippen LogP contribution in [0.1, 0.15) is 41.0 Å². The summed E-state index contributed by atoms with van der Waals surface area (Å²) in [4.78, 5) is 33.9. The summed E-state index contributed by atoms with van der Waals surface area (Å²) in [5, 5.41) is 9.06. The van der Waals surface area contributed by atoms with Crippen molar-refractivity contribution in [2.75, 3.05) is 11.5 Å². The fraction of sp³-hybridized carbons (Fsp3) is 0.786. The molecule has 21 heavy (non-hydrogen) atoms. The second kappa shape index (κ2) is 9.35. The van der Waals surface area contributed by atoms with Gasteiger partial charge in [-0.15, -0.1) is 0 Å². The topological polar surface area (TPSA) is 80.7 Å². The van der Waals surface area contributed by atoms with Gasteiger partial charge in [-0.1, -0.05) is 39.5 Å². The molecule has 0 aliphatic heterocycles. The number of carbonyl (C=O) groups is 3. The molecule has 0 amide bonds. The Morgan fingerprint density at radius 2 is 1.81 bits per heavy atom. The Kier molecular flexibility index (Phi) is 9.04. The Hall–Kier alpha value is -0.690. The minimum Gasteiger partial charge on any atom is -0.478 e. The molecule has 0 aromatic rings. The highest BCUT2D eigenvalue weighted by Crippen LogP contribution is 2.28. The van der Waals surface area contributed by atoms with E-state index in [1.807, 2.05) is 20.8 Å². The first kappa shape index (κ1) is 20.3. The summed E-state index contributed by atoms with van der Waals surface area (Å²) in [6, 6.07) is 0. The van der Waals surface area contributed by atoms with Crippen LogP contribution < -0.4 is 0 Å². The molecule has 0 aromatic carbocycles. The Morgan fingerprint density at radius 1 is 1.24 bits per heavy atom. The van der Waals surface area contributed by atoms with E-state index in [2.05, 4.69) is 0 Å². The summed E-state index contributed by atoms with van der Waals surface area (Å²) >= 11 is 2.50. The first-order chi connectivity index (χ1) is 9.59. The molecule has 122 valence electrons. The molecule has 0 radical (unpaired) electrons. The highest BCUT2D eigenvalue weighted by Gasteiger charge is 2.28. The highest BCUT2D eigenvalue weighted by atomic mass is 32.2. The molecule has 0 spiro atoms. The third kappa shape index (κ3) is 9.03. The zero-order valence-corrected chi connectivity index (χ0v) is 14.8. The van der Waals surface area contributed by atoms with Crippen LogP contribution in [-0.4, -0.2) is 44.5 Å². The van der Waals surface area contributed by atoms with Crippen LogP contribution in [0.2, 0.25) is 0 Å². The van der Waals surface area contributed by atoms with Crippen molar-refractivity contribution < 1.29 is 24.2 Å². The molecule has 2 atom stereocenters. The van der Waals surface area contributed by atoms with Crippen LogP contribution in [0, 0.1) is 5.92 Å². The summed E-state index contributed by atoms with van der Waals surface area (Å²) in [5.41, 5.74) is 0. The van der Waals surface area contributed by atoms with Crippen molar-refractivity contribution in [1.29, 1.82) is 0 Å². The average Bonchev–Trinajstić information content (AvgIpc) is 2.39. The fourth-order valence-corrected chi connectivity index (χ4v) is 2.76. The molecule has 0 aliphatic rings. The molecule has 0 saturated heterocycles. The quantitative estimate of drug-likeness (QED) is 0.648. The SMILES string of the molecule is CCC(C)(C)SC[C@H](OC(=O)[C@H](C)CSC(C)=O)C(=O)O. The van der Waals surface area contributed by atoms with Gasteiger partial charge >= 0.3 is 11.9 Å². The lowest BCUT2D eigenvalue weighted by Gasteiger charge is -2.24. The van der Waals surface area contributed by atoms with Crippen LogP contribution in [0.15, 0.2) is 0 Å². The zero-order valence-electron chi connectivity index (χ0n) is 13.2. The van der Waals surface area contributed by atoms with Gasteiger partial charge in [0.25, 0.3) is 0 Å². The van der Waals surface area contributed by atoms with E-state index in [1.54, 1.807) is 6.92 Å². The second-order valence-electron chi connectivity index (χ2n) is 5.39. The van der Waals surface area contributed by atoms with E-state index in [4.69, 9.17) is 9.84 Å². The summed E-state index contributed by atoms with van der Waals surface area (Å²) in [5.74, 6) is -1.71. The molecule has 0 aromatic heterocycles. The van der Waals surface area contributed by atoms with Gasteiger partial charge in [-0.2, -0.15) is 11.8 Å². The first-order valence-corrected chi connectivity index (χ1v) is 8.76. The van der Waals surface area contributed by atoms with Crippen molar-refractivity contribution >= 4 is 40.6 Å². The summed E-state index contributed by atoms with van der Waals surface area (Å²) in [7, 11) is 0. The van der Waals surface area contributed by atoms with Gasteiger partial charge in [0, 0.05) is 23.2 Å². The number of carboxylic acid groups (broad SMARTS) is 1. The molecular formula is C14H24O5S2. The van der Waals surface area contributed by atoms with Gasteiger partial charge in [0.05, 0.1) is 5.92 Å². The lowest BCUT2D eigenvalue weighted by molar-refractivity contribution is -0.164. The minimum absolute atomic E-state index is 0.0593. The van der Waals surface area contributed by atoms with E-state index in [0.29, 0.717) is 5.75 Å². The molecule has 0 rings (SSSR count). The van der Waals surface area contributed by atoms with Gasteiger partial charge in [0.15, 0.2) is 5.12 Å². The molecule has 0 aliphatic carbocycles. The smallest absolute Gasteiger partial charge is 0.345 e. The molecule has 0 bridgehead atoms. The average molecular weight is 336 g/mol. The zero-order chi connectivity index (χ0) is 16.6. The van der Waals surface area contributed by atoms with Crippen molar-refractivity contribution in [2.45, 2.75) is 51.9 Å². The van der Waals surface area contributed by atoms with Gasteiger partial charge < -0.3 is 9.84 Å². The lowest BCUT2D eigenvalue weighted by Crippen LogP contribution is -2.33. The Labute approximate surface area is 134 Å². The van der Waals surface area contributed by atoms with Crippen molar-refractivity contribution in [1.82, 2.24) is 0 Å². The Balaban J connectivity index is 4.46. The van der Waals surface area contributed by atoms with Gasteiger partial charge in [0.2, 0.25) is 6.10 Å². The Bertz CT molecular complexity index is 382. The molecule has 1 N–H and O–H groups in total. The molecule has 0 heterocycles. The lowest BCUT2D eigenvalue weighted by atomic mass is 10.1. The number of hydrogen-bond acceptors (Lipinski definition) is 6. The number of thioether (sulfide) groups is 2. The number of ether oxygens (including phenoxy) is 1. The second-order valence-corrected chi connectivity index (χ2v) is 8.32. The first-order valence-electron chi connectivity index (χ1n) is 6.79. The van der Waals surface area contributed by atoms with Crippen LogP contribution >= 0.6 is 23.5 Å². The maximum atomic E-state index is 11.8. The van der Waals surface area contributed by atoms with Gasteiger partial charge in [0.1, 0.15) is 0 Å². The molecule has 0 fully saturated rings. The van der Waals surface area contributed by atoms with Gasteiger partial charge in [-0.25, -0.2) is 4.79 Å². The standard InChI is InChI=1S/C14H24O5S2/c1-6-14(4,5)21-8-11(12(16)17)19-13(18)9(2)7-20-10(3)15/h9,11H,6-8H2,1-5H3,(H,16,17)/t9-,11+/m1/s1. The van der Waals surface area contributed by atoms with Crippen molar-refractivity contribution in [3.8, 4) is 0 Å². The van der Waals surface area contributed by atoms with Crippen molar-refractivity contribution in [2.24, 2.45) is 5.92 Å². The number of aliphatic carboxylic acids is 1. The largest absolute Gasteiger partial charge is 0.478 e. The van der Waals surface area contributed by atoms with E-state index in [9.17, 15) is 14.4 Å². The van der Waals surface area contributed by atoms with Crippen LogP contribution in [-0.2, 0) is 19.1 Å². The van der Waals surface area contributed by atoms with Gasteiger partial charge in [-0.3, -0.25) is 9.59 Å². The number of carboxylic acids is 1. The highest BCUT2D eigenvalue weighted by molar-refractivity contribution is 8.13. The molecule has 0 unspecified atom stereocenters. The van der Waals surface area contributed by atoms with Crippen LogP contribution in [0.3, 0.4) is 0 Å². The normalized spacial score (nSPS) is 14.3. The maximum Gasteiger partial charge on any atom is 0.345 e. The van der Waals surface area contributed by atoms with Crippen LogP contribution in [0.4, 0.5) is 0 Å². The number of hydrogen-bond donors (Lipinski definition) is 1. The fourth-order valence-electron chi connectivity index (χ4n) is 1.13. The van der Waals surface area contributed by atoms with Crippen molar-refractivity contribution in [3.63, 3.8) is 0 Å². The Morgan fingerprint density at radius 3 is 2.24 bits per heavy atom. The summed E-state index contributed by atoms with van der Waals surface area (Å²) < 4.78 is 5.00. The molecular weight excluding hydrogens is 312 g/mol. The van der Waals surface area contributed by atoms with Crippen molar-refractivity contribution in [3.05, 3.63) is 0 Å². The van der Waals surface area contributed by atoms with E-state index < -0.39 is 24.0 Å². The number of carbonyl (C=O) groups excluding carboxylic acids is 2. The predicted octanol–water partition coefficient (Wildman–Crippen LogP) is 2.82. The monoisotopic (exact) mass is 336 g/mol. The molecule has 5 nitrogen and oxygen atoms in total. The van der Waals surface area contributed by atoms with Gasteiger partial charge in [-0.05, 0) is 6.42 Å². The third-order valence-electron chi connectivity index (χ3n) is 2.95. The van der Waals surface area contributed by atoms with E-state index in [1.165, 1.54) is 18.7 Å². The maximum absolute atomic E-state index is 11.8.